The second kappa shape index (κ2) is 8.68. The van der Waals surface area contributed by atoms with Crippen molar-refractivity contribution < 1.29 is 14.7 Å². The quantitative estimate of drug-likeness (QED) is 0.833. The van der Waals surface area contributed by atoms with Gasteiger partial charge < -0.3 is 14.9 Å². The number of rotatable bonds is 5. The molecule has 0 aromatic heterocycles. The van der Waals surface area contributed by atoms with Crippen molar-refractivity contribution in [2.24, 2.45) is 5.92 Å². The Balaban J connectivity index is 1.33. The lowest BCUT2D eigenvalue weighted by molar-refractivity contribution is 0.0696. The Hall–Kier alpha value is -2.82. The smallest absolute Gasteiger partial charge is 0.335 e. The van der Waals surface area contributed by atoms with Gasteiger partial charge in [-0.05, 0) is 80.0 Å². The molecule has 152 valence electrons. The van der Waals surface area contributed by atoms with Crippen LogP contribution in [0.4, 0.5) is 5.69 Å². The molecule has 2 aliphatic rings. The number of carboxylic acid groups (broad SMARTS) is 1. The van der Waals surface area contributed by atoms with Gasteiger partial charge in [-0.25, -0.2) is 4.79 Å². The van der Waals surface area contributed by atoms with Crippen molar-refractivity contribution in [1.29, 1.82) is 0 Å². The lowest BCUT2D eigenvalue weighted by Crippen LogP contribution is -2.30. The van der Waals surface area contributed by atoms with Gasteiger partial charge in [-0.3, -0.25) is 4.79 Å². The summed E-state index contributed by atoms with van der Waals surface area (Å²) < 4.78 is 0. The first-order valence-electron chi connectivity index (χ1n) is 10.6. The van der Waals surface area contributed by atoms with Crippen LogP contribution in [0.5, 0.6) is 0 Å². The third kappa shape index (κ3) is 4.61. The van der Waals surface area contributed by atoms with Crippen LogP contribution in [0.3, 0.4) is 0 Å². The van der Waals surface area contributed by atoms with Crippen LogP contribution < -0.4 is 4.90 Å². The van der Waals surface area contributed by atoms with Crippen LogP contribution in [-0.4, -0.2) is 48.1 Å². The third-order valence-electron chi connectivity index (χ3n) is 6.13. The minimum atomic E-state index is -0.902. The highest BCUT2D eigenvalue weighted by Crippen LogP contribution is 2.25. The topological polar surface area (TPSA) is 60.9 Å². The zero-order chi connectivity index (χ0) is 20.2. The van der Waals surface area contributed by atoms with Gasteiger partial charge in [0.1, 0.15) is 0 Å². The molecule has 0 bridgehead atoms. The standard InChI is InChI=1S/C24H28N2O3/c27-23(20-8-10-22(11-9-20)25-13-2-1-3-14-25)26-15-12-19(17-26)16-18-4-6-21(7-5-18)24(28)29/h4-11,19H,1-3,12-17H2,(H,28,29). The Morgan fingerprint density at radius 1 is 0.862 bits per heavy atom. The van der Waals surface area contributed by atoms with Crippen LogP contribution in [-0.2, 0) is 6.42 Å². The minimum Gasteiger partial charge on any atom is -0.478 e. The van der Waals surface area contributed by atoms with Gasteiger partial charge in [0.15, 0.2) is 0 Å². The molecule has 2 fully saturated rings. The molecule has 1 unspecified atom stereocenters. The second-order valence-electron chi connectivity index (χ2n) is 8.21. The summed E-state index contributed by atoms with van der Waals surface area (Å²) in [6.45, 7) is 3.75. The van der Waals surface area contributed by atoms with E-state index in [-0.39, 0.29) is 5.91 Å². The van der Waals surface area contributed by atoms with Crippen LogP contribution >= 0.6 is 0 Å². The van der Waals surface area contributed by atoms with Gasteiger partial charge in [0.05, 0.1) is 5.56 Å². The highest BCUT2D eigenvalue weighted by Gasteiger charge is 2.27. The SMILES string of the molecule is O=C(O)c1ccc(CC2CCN(C(=O)c3ccc(N4CCCCC4)cc3)C2)cc1. The fraction of sp³-hybridized carbons (Fsp3) is 0.417. The number of carboxylic acids is 1. The average Bonchev–Trinajstić information content (AvgIpc) is 3.23. The fourth-order valence-corrected chi connectivity index (χ4v) is 4.45. The number of hydrogen-bond acceptors (Lipinski definition) is 3. The molecule has 0 radical (unpaired) electrons. The summed E-state index contributed by atoms with van der Waals surface area (Å²) in [6.07, 6.45) is 5.66. The van der Waals surface area contributed by atoms with Crippen LogP contribution in [0.1, 0.15) is 52.0 Å². The molecule has 2 aliphatic heterocycles. The highest BCUT2D eigenvalue weighted by atomic mass is 16.4. The van der Waals surface area contributed by atoms with E-state index < -0.39 is 5.97 Å². The first-order valence-corrected chi connectivity index (χ1v) is 10.6. The number of piperidine rings is 1. The first-order chi connectivity index (χ1) is 14.1. The van der Waals surface area contributed by atoms with E-state index in [1.165, 1.54) is 24.9 Å². The van der Waals surface area contributed by atoms with E-state index in [1.54, 1.807) is 12.1 Å². The maximum atomic E-state index is 12.9. The Morgan fingerprint density at radius 3 is 2.17 bits per heavy atom. The fourth-order valence-electron chi connectivity index (χ4n) is 4.45. The number of hydrogen-bond donors (Lipinski definition) is 1. The number of carbonyl (C=O) groups is 2. The van der Waals surface area contributed by atoms with Gasteiger partial charge in [0, 0.05) is 37.4 Å². The number of aromatic carboxylic acids is 1. The monoisotopic (exact) mass is 392 g/mol. The second-order valence-corrected chi connectivity index (χ2v) is 8.21. The Bertz CT molecular complexity index is 855. The predicted octanol–water partition coefficient (Wildman–Crippen LogP) is 4.08. The van der Waals surface area contributed by atoms with E-state index >= 15 is 0 Å². The molecule has 0 aliphatic carbocycles. The van der Waals surface area contributed by atoms with Gasteiger partial charge in [0.2, 0.25) is 0 Å². The summed E-state index contributed by atoms with van der Waals surface area (Å²) in [5.74, 6) is -0.373. The molecule has 2 aromatic rings. The first kappa shape index (κ1) is 19.5. The van der Waals surface area contributed by atoms with Gasteiger partial charge in [0.25, 0.3) is 5.91 Å². The largest absolute Gasteiger partial charge is 0.478 e. The maximum absolute atomic E-state index is 12.9. The van der Waals surface area contributed by atoms with E-state index in [0.29, 0.717) is 11.5 Å². The summed E-state index contributed by atoms with van der Waals surface area (Å²) >= 11 is 0. The number of benzene rings is 2. The number of amides is 1. The molecule has 5 heteroatoms. The van der Waals surface area contributed by atoms with Gasteiger partial charge in [-0.15, -0.1) is 0 Å². The predicted molar refractivity (Wildman–Crippen MR) is 114 cm³/mol. The maximum Gasteiger partial charge on any atom is 0.335 e. The Labute approximate surface area is 171 Å². The zero-order valence-electron chi connectivity index (χ0n) is 16.7. The molecule has 1 atom stereocenters. The molecule has 29 heavy (non-hydrogen) atoms. The van der Waals surface area contributed by atoms with Crippen molar-refractivity contribution in [3.8, 4) is 0 Å². The van der Waals surface area contributed by atoms with Crippen LogP contribution in [0, 0.1) is 5.92 Å². The lowest BCUT2D eigenvalue weighted by atomic mass is 9.98. The molecule has 1 N–H and O–H groups in total. The summed E-state index contributed by atoms with van der Waals surface area (Å²) in [5.41, 5.74) is 3.41. The van der Waals surface area contributed by atoms with Crippen molar-refractivity contribution in [3.05, 3.63) is 65.2 Å². The van der Waals surface area contributed by atoms with Gasteiger partial charge in [-0.2, -0.15) is 0 Å². The van der Waals surface area contributed by atoms with E-state index in [4.69, 9.17) is 5.11 Å². The molecule has 2 aromatic carbocycles. The lowest BCUT2D eigenvalue weighted by Gasteiger charge is -2.29. The average molecular weight is 392 g/mol. The van der Waals surface area contributed by atoms with Gasteiger partial charge in [-0.1, -0.05) is 12.1 Å². The van der Waals surface area contributed by atoms with Crippen molar-refractivity contribution in [2.45, 2.75) is 32.1 Å². The molecule has 5 nitrogen and oxygen atoms in total. The highest BCUT2D eigenvalue weighted by molar-refractivity contribution is 5.94. The van der Waals surface area contributed by atoms with Crippen LogP contribution in [0.25, 0.3) is 0 Å². The normalized spacial score (nSPS) is 19.4. The number of nitrogens with zero attached hydrogens (tertiary/aromatic N) is 2. The molecule has 0 spiro atoms. The van der Waals surface area contributed by atoms with E-state index in [0.717, 1.165) is 50.1 Å². The number of anilines is 1. The molecule has 2 saturated heterocycles. The third-order valence-corrected chi connectivity index (χ3v) is 6.13. The van der Waals surface area contributed by atoms with Crippen molar-refractivity contribution in [1.82, 2.24) is 4.90 Å². The van der Waals surface area contributed by atoms with Crippen molar-refractivity contribution >= 4 is 17.6 Å². The Kier molecular flexibility index (Phi) is 5.84. The molecule has 1 amide bonds. The van der Waals surface area contributed by atoms with E-state index in [2.05, 4.69) is 17.0 Å². The molecular weight excluding hydrogens is 364 g/mol. The molecule has 2 heterocycles. The summed E-state index contributed by atoms with van der Waals surface area (Å²) in [7, 11) is 0. The minimum absolute atomic E-state index is 0.110. The summed E-state index contributed by atoms with van der Waals surface area (Å²) in [4.78, 5) is 28.2. The summed E-state index contributed by atoms with van der Waals surface area (Å²) in [6, 6.07) is 15.2. The molecular formula is C24H28N2O3. The van der Waals surface area contributed by atoms with Crippen LogP contribution in [0.15, 0.2) is 48.5 Å². The van der Waals surface area contributed by atoms with Crippen molar-refractivity contribution in [3.63, 3.8) is 0 Å². The number of likely N-dealkylation sites (tertiary alicyclic amines) is 1. The van der Waals surface area contributed by atoms with Crippen LogP contribution in [0.2, 0.25) is 0 Å². The number of carbonyl (C=O) groups excluding carboxylic acids is 1. The zero-order valence-corrected chi connectivity index (χ0v) is 16.7. The molecule has 4 rings (SSSR count). The molecule has 0 saturated carbocycles. The summed E-state index contributed by atoms with van der Waals surface area (Å²) in [5, 5.41) is 9.01. The van der Waals surface area contributed by atoms with E-state index in [1.807, 2.05) is 29.2 Å². The van der Waals surface area contributed by atoms with Gasteiger partial charge >= 0.3 is 5.97 Å². The van der Waals surface area contributed by atoms with E-state index in [9.17, 15) is 9.59 Å². The van der Waals surface area contributed by atoms with Crippen molar-refractivity contribution in [2.75, 3.05) is 31.1 Å². The Morgan fingerprint density at radius 2 is 1.52 bits per heavy atom.